The van der Waals surface area contributed by atoms with Crippen LogP contribution in [0.25, 0.3) is 10.8 Å². The van der Waals surface area contributed by atoms with Crippen molar-refractivity contribution in [3.63, 3.8) is 0 Å². The van der Waals surface area contributed by atoms with Crippen LogP contribution in [0.5, 0.6) is 0 Å². The van der Waals surface area contributed by atoms with Crippen molar-refractivity contribution in [2.24, 2.45) is 0 Å². The lowest BCUT2D eigenvalue weighted by molar-refractivity contribution is 0.0769. The van der Waals surface area contributed by atoms with E-state index in [4.69, 9.17) is 0 Å². The van der Waals surface area contributed by atoms with Gasteiger partial charge in [0.1, 0.15) is 5.69 Å². The zero-order valence-corrected chi connectivity index (χ0v) is 17.2. The summed E-state index contributed by atoms with van der Waals surface area (Å²) in [7, 11) is 0. The first-order valence-electron chi connectivity index (χ1n) is 10.8. The summed E-state index contributed by atoms with van der Waals surface area (Å²) in [5.74, 6) is 1.96. The van der Waals surface area contributed by atoms with Crippen molar-refractivity contribution < 1.29 is 8.78 Å². The molecule has 0 unspecified atom stereocenters. The van der Waals surface area contributed by atoms with Gasteiger partial charge in [-0.3, -0.25) is 4.90 Å². The number of halogens is 2. The number of piperidine rings is 1. The Labute approximate surface area is 178 Å². The minimum Gasteiger partial charge on any atom is -0.365 e. The molecule has 0 bridgehead atoms. The summed E-state index contributed by atoms with van der Waals surface area (Å²) in [5.41, 5.74) is 1.97. The topological polar surface area (TPSA) is 94.6 Å². The van der Waals surface area contributed by atoms with E-state index in [0.717, 1.165) is 40.8 Å². The van der Waals surface area contributed by atoms with E-state index in [1.54, 1.807) is 0 Å². The van der Waals surface area contributed by atoms with Crippen LogP contribution in [0.4, 0.5) is 20.4 Å². The highest BCUT2D eigenvalue weighted by molar-refractivity contribution is 5.98. The third kappa shape index (κ3) is 4.58. The Kier molecular flexibility index (Phi) is 5.63. The lowest BCUT2D eigenvalue weighted by Gasteiger charge is -2.32. The summed E-state index contributed by atoms with van der Waals surface area (Å²) in [6.45, 7) is 1.71. The first-order valence-corrected chi connectivity index (χ1v) is 10.8. The van der Waals surface area contributed by atoms with E-state index in [2.05, 4.69) is 36.2 Å². The highest BCUT2D eigenvalue weighted by Crippen LogP contribution is 2.40. The number of anilines is 2. The van der Waals surface area contributed by atoms with Crippen molar-refractivity contribution in [1.82, 2.24) is 30.5 Å². The highest BCUT2D eigenvalue weighted by Gasteiger charge is 2.29. The average molecular weight is 428 g/mol. The zero-order chi connectivity index (χ0) is 21.2. The second kappa shape index (κ2) is 8.70. The fourth-order valence-corrected chi connectivity index (χ4v) is 4.23. The van der Waals surface area contributed by atoms with E-state index in [1.807, 2.05) is 29.2 Å². The number of hydrogen-bond acceptors (Lipinski definition) is 7. The van der Waals surface area contributed by atoms with Gasteiger partial charge in [-0.15, -0.1) is 10.2 Å². The Morgan fingerprint density at radius 2 is 1.71 bits per heavy atom. The molecule has 0 atom stereocenters. The lowest BCUT2D eigenvalue weighted by Crippen LogP contribution is -2.41. The summed E-state index contributed by atoms with van der Waals surface area (Å²) in [6, 6.07) is 8.20. The van der Waals surface area contributed by atoms with Crippen LogP contribution >= 0.6 is 0 Å². The molecule has 1 aliphatic heterocycles. The van der Waals surface area contributed by atoms with Gasteiger partial charge in [0, 0.05) is 35.8 Å². The third-order valence-electron chi connectivity index (χ3n) is 6.05. The smallest absolute Gasteiger partial charge is 0.251 e. The lowest BCUT2D eigenvalue weighted by atomic mass is 10.0. The third-order valence-corrected chi connectivity index (χ3v) is 6.05. The highest BCUT2D eigenvalue weighted by atomic mass is 19.3. The van der Waals surface area contributed by atoms with Crippen LogP contribution in [0.15, 0.2) is 24.3 Å². The molecule has 10 heteroatoms. The molecule has 164 valence electrons. The number of H-pyrrole nitrogens is 1. The number of alkyl halides is 2. The Morgan fingerprint density at radius 1 is 1.00 bits per heavy atom. The Bertz CT molecular complexity index is 1030. The minimum atomic E-state index is -2.28. The van der Waals surface area contributed by atoms with Crippen LogP contribution in [0, 0.1) is 0 Å². The Morgan fingerprint density at radius 3 is 2.42 bits per heavy atom. The largest absolute Gasteiger partial charge is 0.365 e. The average Bonchev–Trinajstić information content (AvgIpc) is 3.52. The predicted octanol–water partition coefficient (Wildman–Crippen LogP) is 3.38. The fraction of sp³-hybridized carbons (Fsp3) is 0.524. The van der Waals surface area contributed by atoms with Crippen LogP contribution in [0.2, 0.25) is 0 Å². The molecular weight excluding hydrogens is 402 g/mol. The SMILES string of the molecule is FC(F)CN1CCC(Nc2nnc(NCc3n[nH]nc3C3CC3)c3ccccc23)CC1. The van der Waals surface area contributed by atoms with E-state index in [9.17, 15) is 8.78 Å². The van der Waals surface area contributed by atoms with E-state index in [0.29, 0.717) is 31.4 Å². The molecule has 3 aromatic rings. The van der Waals surface area contributed by atoms with Crippen LogP contribution < -0.4 is 10.6 Å². The van der Waals surface area contributed by atoms with Gasteiger partial charge in [-0.25, -0.2) is 8.78 Å². The normalized spacial score (nSPS) is 18.0. The van der Waals surface area contributed by atoms with E-state index >= 15 is 0 Å². The molecule has 0 amide bonds. The summed E-state index contributed by atoms with van der Waals surface area (Å²) in [6.07, 6.45) is 1.67. The molecule has 1 saturated heterocycles. The molecule has 8 nitrogen and oxygen atoms in total. The fourth-order valence-electron chi connectivity index (χ4n) is 4.23. The quantitative estimate of drug-likeness (QED) is 0.506. The molecule has 1 aromatic carbocycles. The molecule has 1 aliphatic carbocycles. The minimum absolute atomic E-state index is 0.149. The summed E-state index contributed by atoms with van der Waals surface area (Å²) in [4.78, 5) is 1.82. The van der Waals surface area contributed by atoms with E-state index < -0.39 is 6.43 Å². The Hall–Kier alpha value is -2.88. The predicted molar refractivity (Wildman–Crippen MR) is 114 cm³/mol. The first-order chi connectivity index (χ1) is 15.2. The number of benzene rings is 1. The molecule has 2 aliphatic rings. The van der Waals surface area contributed by atoms with Gasteiger partial charge in [-0.05, 0) is 25.7 Å². The van der Waals surface area contributed by atoms with Gasteiger partial charge < -0.3 is 10.6 Å². The first kappa shape index (κ1) is 20.0. The van der Waals surface area contributed by atoms with Crippen molar-refractivity contribution in [1.29, 1.82) is 0 Å². The molecular formula is C21H26F2N8. The number of fused-ring (bicyclic) bond motifs is 1. The maximum Gasteiger partial charge on any atom is 0.251 e. The summed E-state index contributed by atoms with van der Waals surface area (Å²) >= 11 is 0. The molecule has 5 rings (SSSR count). The van der Waals surface area contributed by atoms with Crippen molar-refractivity contribution in [2.45, 2.75) is 50.6 Å². The molecule has 3 heterocycles. The standard InChI is InChI=1S/C21H26F2N8/c22-18(23)12-31-9-7-14(8-10-31)25-21-16-4-2-1-3-15(16)20(28-29-21)24-11-17-19(13-5-6-13)27-30-26-17/h1-4,13-14,18H,5-12H2,(H,24,28)(H,25,29)(H,26,27,30). The van der Waals surface area contributed by atoms with Gasteiger partial charge in [0.2, 0.25) is 0 Å². The number of hydrogen-bond donors (Lipinski definition) is 3. The summed E-state index contributed by atoms with van der Waals surface area (Å²) < 4.78 is 25.2. The maximum atomic E-state index is 12.6. The van der Waals surface area contributed by atoms with Gasteiger partial charge in [-0.1, -0.05) is 24.3 Å². The van der Waals surface area contributed by atoms with Crippen molar-refractivity contribution in [3.8, 4) is 0 Å². The second-order valence-corrected chi connectivity index (χ2v) is 8.34. The molecule has 3 N–H and O–H groups in total. The van der Waals surface area contributed by atoms with Gasteiger partial charge in [0.15, 0.2) is 11.6 Å². The van der Waals surface area contributed by atoms with Crippen molar-refractivity contribution in [2.75, 3.05) is 30.3 Å². The van der Waals surface area contributed by atoms with E-state index in [1.165, 1.54) is 12.8 Å². The van der Waals surface area contributed by atoms with E-state index in [-0.39, 0.29) is 12.6 Å². The molecule has 31 heavy (non-hydrogen) atoms. The maximum absolute atomic E-state index is 12.6. The second-order valence-electron chi connectivity index (χ2n) is 8.34. The number of likely N-dealkylation sites (tertiary alicyclic amines) is 1. The van der Waals surface area contributed by atoms with Crippen LogP contribution in [-0.2, 0) is 6.54 Å². The number of aromatic amines is 1. The van der Waals surface area contributed by atoms with Gasteiger partial charge >= 0.3 is 0 Å². The number of nitrogens with zero attached hydrogens (tertiary/aromatic N) is 5. The van der Waals surface area contributed by atoms with Gasteiger partial charge in [-0.2, -0.15) is 15.4 Å². The molecule has 2 fully saturated rings. The van der Waals surface area contributed by atoms with Crippen LogP contribution in [0.1, 0.15) is 43.0 Å². The van der Waals surface area contributed by atoms with Crippen molar-refractivity contribution in [3.05, 3.63) is 35.7 Å². The van der Waals surface area contributed by atoms with Gasteiger partial charge in [0.25, 0.3) is 6.43 Å². The monoisotopic (exact) mass is 428 g/mol. The van der Waals surface area contributed by atoms with Crippen LogP contribution in [-0.4, -0.2) is 62.6 Å². The number of aromatic nitrogens is 5. The molecule has 1 saturated carbocycles. The molecule has 0 spiro atoms. The summed E-state index contributed by atoms with van der Waals surface area (Å²) in [5, 5.41) is 29.0. The zero-order valence-electron chi connectivity index (χ0n) is 17.2. The Balaban J connectivity index is 1.28. The van der Waals surface area contributed by atoms with Crippen LogP contribution in [0.3, 0.4) is 0 Å². The number of nitrogens with one attached hydrogen (secondary N) is 3. The van der Waals surface area contributed by atoms with Crippen molar-refractivity contribution >= 4 is 22.4 Å². The molecule has 2 aromatic heterocycles. The number of rotatable bonds is 8. The molecule has 0 radical (unpaired) electrons. The van der Waals surface area contributed by atoms with Gasteiger partial charge in [0.05, 0.1) is 18.8 Å².